The van der Waals surface area contributed by atoms with Gasteiger partial charge < -0.3 is 0 Å². The van der Waals surface area contributed by atoms with Crippen molar-refractivity contribution in [1.29, 1.82) is 0 Å². The number of halogens is 2. The first-order valence-corrected chi connectivity index (χ1v) is 9.40. The third-order valence-electron chi connectivity index (χ3n) is 1.65. The van der Waals surface area contributed by atoms with Crippen molar-refractivity contribution in [3.05, 3.63) is 8.24 Å². The standard InChI is InChI=1S/C9H18ClISi/c1-5-6-7-8(10)9(11)12(2,3)4/h5-7H2,1-4H3. The maximum atomic E-state index is 6.20. The average molecular weight is 317 g/mol. The molecule has 0 atom stereocenters. The Morgan fingerprint density at radius 3 is 2.17 bits per heavy atom. The molecule has 0 aliphatic carbocycles. The second kappa shape index (κ2) is 5.65. The zero-order chi connectivity index (χ0) is 9.78. The van der Waals surface area contributed by atoms with Crippen molar-refractivity contribution in [1.82, 2.24) is 0 Å². The molecule has 0 saturated carbocycles. The van der Waals surface area contributed by atoms with Crippen molar-refractivity contribution in [2.24, 2.45) is 0 Å². The fourth-order valence-corrected chi connectivity index (χ4v) is 3.04. The van der Waals surface area contributed by atoms with Gasteiger partial charge in [-0.25, -0.2) is 0 Å². The van der Waals surface area contributed by atoms with Gasteiger partial charge in [-0.3, -0.25) is 0 Å². The van der Waals surface area contributed by atoms with Crippen LogP contribution in [-0.2, 0) is 0 Å². The normalized spacial score (nSPS) is 14.5. The summed E-state index contributed by atoms with van der Waals surface area (Å²) in [4.78, 5) is 0. The Balaban J connectivity index is 4.26. The Morgan fingerprint density at radius 2 is 1.83 bits per heavy atom. The minimum Gasteiger partial charge on any atom is -0.0888 e. The molecular formula is C9H18ClISi. The predicted octanol–water partition coefficient (Wildman–Crippen LogP) is 4.94. The number of allylic oxidation sites excluding steroid dienone is 1. The van der Waals surface area contributed by atoms with Crippen LogP contribution in [0.15, 0.2) is 8.24 Å². The van der Waals surface area contributed by atoms with Gasteiger partial charge in [-0.2, -0.15) is 0 Å². The largest absolute Gasteiger partial charge is 0.0888 e. The van der Waals surface area contributed by atoms with Crippen molar-refractivity contribution >= 4 is 42.3 Å². The lowest BCUT2D eigenvalue weighted by molar-refractivity contribution is 0.807. The van der Waals surface area contributed by atoms with E-state index in [2.05, 4.69) is 49.2 Å². The zero-order valence-electron chi connectivity index (χ0n) is 8.38. The van der Waals surface area contributed by atoms with Gasteiger partial charge in [0.1, 0.15) is 0 Å². The summed E-state index contributed by atoms with van der Waals surface area (Å²) in [5.41, 5.74) is 0. The molecule has 0 spiro atoms. The molecule has 0 nitrogen and oxygen atoms in total. The van der Waals surface area contributed by atoms with E-state index in [4.69, 9.17) is 11.6 Å². The van der Waals surface area contributed by atoms with Crippen LogP contribution in [0.5, 0.6) is 0 Å². The highest BCUT2D eigenvalue weighted by atomic mass is 127. The second-order valence-electron chi connectivity index (χ2n) is 4.07. The SMILES string of the molecule is CCCCC(Cl)=C(I)[Si](C)(C)C. The van der Waals surface area contributed by atoms with E-state index in [9.17, 15) is 0 Å². The molecule has 0 aliphatic rings. The fraction of sp³-hybridized carbons (Fsp3) is 0.778. The smallest absolute Gasteiger partial charge is 0.0869 e. The van der Waals surface area contributed by atoms with Crippen molar-refractivity contribution in [2.75, 3.05) is 0 Å². The molecule has 3 heteroatoms. The molecule has 0 radical (unpaired) electrons. The van der Waals surface area contributed by atoms with Crippen LogP contribution in [0.1, 0.15) is 26.2 Å². The number of hydrogen-bond donors (Lipinski definition) is 0. The Morgan fingerprint density at radius 1 is 1.33 bits per heavy atom. The lowest BCUT2D eigenvalue weighted by Gasteiger charge is -2.17. The lowest BCUT2D eigenvalue weighted by Crippen LogP contribution is -2.21. The molecule has 0 heterocycles. The average Bonchev–Trinajstić information content (AvgIpc) is 1.97. The molecule has 0 amide bonds. The van der Waals surface area contributed by atoms with Gasteiger partial charge in [-0.05, 0) is 16.0 Å². The summed E-state index contributed by atoms with van der Waals surface area (Å²) in [6.07, 6.45) is 3.52. The van der Waals surface area contributed by atoms with Gasteiger partial charge in [0.15, 0.2) is 0 Å². The van der Waals surface area contributed by atoms with Gasteiger partial charge in [0, 0.05) is 5.03 Å². The van der Waals surface area contributed by atoms with Crippen molar-refractivity contribution in [3.8, 4) is 0 Å². The lowest BCUT2D eigenvalue weighted by atomic mass is 10.2. The van der Waals surface area contributed by atoms with Crippen LogP contribution in [0.25, 0.3) is 0 Å². The number of rotatable bonds is 4. The molecule has 0 saturated heterocycles. The fourth-order valence-electron chi connectivity index (χ4n) is 0.849. The minimum atomic E-state index is -1.14. The Labute approximate surface area is 95.9 Å². The maximum Gasteiger partial charge on any atom is 0.0869 e. The van der Waals surface area contributed by atoms with Crippen molar-refractivity contribution in [3.63, 3.8) is 0 Å². The molecule has 0 aromatic carbocycles. The van der Waals surface area contributed by atoms with Gasteiger partial charge in [0.25, 0.3) is 0 Å². The Kier molecular flexibility index (Phi) is 6.11. The van der Waals surface area contributed by atoms with Crippen LogP contribution in [0.3, 0.4) is 0 Å². The topological polar surface area (TPSA) is 0 Å². The van der Waals surface area contributed by atoms with E-state index < -0.39 is 8.07 Å². The summed E-state index contributed by atoms with van der Waals surface area (Å²) >= 11 is 8.62. The summed E-state index contributed by atoms with van der Waals surface area (Å²) < 4.78 is 1.44. The number of unbranched alkanes of at least 4 members (excludes halogenated alkanes) is 1. The Bertz CT molecular complexity index is 170. The second-order valence-corrected chi connectivity index (χ2v) is 11.6. The summed E-state index contributed by atoms with van der Waals surface area (Å²) in [6.45, 7) is 9.21. The molecule has 0 aromatic rings. The maximum absolute atomic E-state index is 6.20. The molecule has 0 bridgehead atoms. The quantitative estimate of drug-likeness (QED) is 0.509. The van der Waals surface area contributed by atoms with E-state index in [1.165, 1.54) is 16.0 Å². The van der Waals surface area contributed by atoms with Crippen LogP contribution in [0.4, 0.5) is 0 Å². The van der Waals surface area contributed by atoms with E-state index in [0.29, 0.717) is 0 Å². The van der Waals surface area contributed by atoms with Crippen LogP contribution in [0, 0.1) is 0 Å². The van der Waals surface area contributed by atoms with Crippen molar-refractivity contribution in [2.45, 2.75) is 45.8 Å². The zero-order valence-corrected chi connectivity index (χ0v) is 12.3. The highest BCUT2D eigenvalue weighted by Gasteiger charge is 2.19. The molecule has 0 unspecified atom stereocenters. The molecule has 72 valence electrons. The first-order chi connectivity index (χ1) is 5.39. The summed E-state index contributed by atoms with van der Waals surface area (Å²) in [7, 11) is -1.14. The van der Waals surface area contributed by atoms with Gasteiger partial charge in [-0.15, -0.1) is 0 Å². The minimum absolute atomic E-state index is 1.07. The van der Waals surface area contributed by atoms with Crippen LogP contribution >= 0.6 is 34.2 Å². The molecule has 0 N–H and O–H groups in total. The molecule has 0 aromatic heterocycles. The van der Waals surface area contributed by atoms with E-state index in [0.717, 1.165) is 11.5 Å². The van der Waals surface area contributed by atoms with E-state index in [1.807, 2.05) is 0 Å². The van der Waals surface area contributed by atoms with Crippen LogP contribution < -0.4 is 0 Å². The molecule has 0 rings (SSSR count). The summed E-state index contributed by atoms with van der Waals surface area (Å²) in [6, 6.07) is 0. The summed E-state index contributed by atoms with van der Waals surface area (Å²) in [5.74, 6) is 0. The molecule has 0 fully saturated rings. The van der Waals surface area contributed by atoms with Crippen molar-refractivity contribution < 1.29 is 0 Å². The monoisotopic (exact) mass is 316 g/mol. The van der Waals surface area contributed by atoms with E-state index >= 15 is 0 Å². The van der Waals surface area contributed by atoms with Gasteiger partial charge in [0.05, 0.1) is 8.07 Å². The van der Waals surface area contributed by atoms with Crippen LogP contribution in [-0.4, -0.2) is 8.07 Å². The molecule has 12 heavy (non-hydrogen) atoms. The highest BCUT2D eigenvalue weighted by molar-refractivity contribution is 14.1. The summed E-state index contributed by atoms with van der Waals surface area (Å²) in [5, 5.41) is 1.11. The van der Waals surface area contributed by atoms with Crippen LogP contribution in [0.2, 0.25) is 19.6 Å². The first kappa shape index (κ1) is 13.0. The number of hydrogen-bond acceptors (Lipinski definition) is 0. The molecule has 0 aliphatic heterocycles. The Hall–Kier alpha value is 0.977. The van der Waals surface area contributed by atoms with Gasteiger partial charge >= 0.3 is 0 Å². The predicted molar refractivity (Wildman–Crippen MR) is 69.8 cm³/mol. The van der Waals surface area contributed by atoms with E-state index in [1.54, 1.807) is 0 Å². The third kappa shape index (κ3) is 4.87. The first-order valence-electron chi connectivity index (χ1n) is 4.44. The van der Waals surface area contributed by atoms with E-state index in [-0.39, 0.29) is 0 Å². The van der Waals surface area contributed by atoms with Gasteiger partial charge in [0.2, 0.25) is 0 Å². The third-order valence-corrected chi connectivity index (χ3v) is 9.63. The molecular weight excluding hydrogens is 299 g/mol. The van der Waals surface area contributed by atoms with Gasteiger partial charge in [-0.1, -0.05) is 67.2 Å². The highest BCUT2D eigenvalue weighted by Crippen LogP contribution is 2.29.